The Labute approximate surface area is 157 Å². The molecule has 1 heterocycles. The zero-order valence-corrected chi connectivity index (χ0v) is 15.4. The zero-order chi connectivity index (χ0) is 18.5. The van der Waals surface area contributed by atoms with Gasteiger partial charge in [-0.3, -0.25) is 4.79 Å². The summed E-state index contributed by atoms with van der Waals surface area (Å²) in [5, 5.41) is 3.62. The second-order valence-electron chi connectivity index (χ2n) is 5.83. The largest absolute Gasteiger partial charge is 0.493 e. The van der Waals surface area contributed by atoms with E-state index in [9.17, 15) is 4.79 Å². The lowest BCUT2D eigenvalue weighted by atomic mass is 10.0. The van der Waals surface area contributed by atoms with Crippen molar-refractivity contribution in [2.45, 2.75) is 12.5 Å². The quantitative estimate of drug-likeness (QED) is 0.804. The third kappa shape index (κ3) is 4.11. The molecule has 2 aromatic rings. The molecule has 0 radical (unpaired) electrons. The Kier molecular flexibility index (Phi) is 5.68. The van der Waals surface area contributed by atoms with Gasteiger partial charge in [-0.25, -0.2) is 0 Å². The highest BCUT2D eigenvalue weighted by Crippen LogP contribution is 2.34. The summed E-state index contributed by atoms with van der Waals surface area (Å²) in [6.07, 6.45) is 3.93. The van der Waals surface area contributed by atoms with Crippen molar-refractivity contribution in [2.75, 3.05) is 20.8 Å². The SMILES string of the molecule is COc1ccc(/C=C/C(=O)NC2CCOc3ccc(Cl)cc32)cc1OC. The lowest BCUT2D eigenvalue weighted by Gasteiger charge is -2.26. The van der Waals surface area contributed by atoms with E-state index in [-0.39, 0.29) is 11.9 Å². The van der Waals surface area contributed by atoms with E-state index in [1.165, 1.54) is 6.08 Å². The maximum atomic E-state index is 12.3. The van der Waals surface area contributed by atoms with E-state index >= 15 is 0 Å². The van der Waals surface area contributed by atoms with Gasteiger partial charge in [-0.1, -0.05) is 17.7 Å². The van der Waals surface area contributed by atoms with Gasteiger partial charge >= 0.3 is 0 Å². The van der Waals surface area contributed by atoms with Crippen molar-refractivity contribution in [3.8, 4) is 17.2 Å². The molecule has 0 saturated heterocycles. The zero-order valence-electron chi connectivity index (χ0n) is 14.6. The van der Waals surface area contributed by atoms with Gasteiger partial charge in [0.1, 0.15) is 5.75 Å². The van der Waals surface area contributed by atoms with E-state index in [1.54, 1.807) is 32.4 Å². The van der Waals surface area contributed by atoms with Crippen LogP contribution in [0.4, 0.5) is 0 Å². The number of nitrogens with one attached hydrogen (secondary N) is 1. The van der Waals surface area contributed by atoms with Crippen LogP contribution in [0.3, 0.4) is 0 Å². The van der Waals surface area contributed by atoms with Crippen LogP contribution in [0.15, 0.2) is 42.5 Å². The molecular weight excluding hydrogens is 354 g/mol. The van der Waals surface area contributed by atoms with Crippen LogP contribution < -0.4 is 19.5 Å². The van der Waals surface area contributed by atoms with Crippen molar-refractivity contribution in [1.82, 2.24) is 5.32 Å². The standard InChI is InChI=1S/C20H20ClNO4/c1-24-18-6-3-13(11-19(18)25-2)4-8-20(23)22-16-9-10-26-17-7-5-14(21)12-15(16)17/h3-8,11-12,16H,9-10H2,1-2H3,(H,22,23)/b8-4+. The molecule has 1 unspecified atom stereocenters. The summed E-state index contributed by atoms with van der Waals surface area (Å²) in [5.41, 5.74) is 1.74. The normalized spacial score (nSPS) is 15.9. The first-order chi connectivity index (χ1) is 12.6. The number of carbonyl (C=O) groups is 1. The molecule has 2 aromatic carbocycles. The highest BCUT2D eigenvalue weighted by molar-refractivity contribution is 6.30. The Morgan fingerprint density at radius 2 is 2.00 bits per heavy atom. The Balaban J connectivity index is 1.70. The second kappa shape index (κ2) is 8.15. The molecule has 0 aromatic heterocycles. The lowest BCUT2D eigenvalue weighted by molar-refractivity contribution is -0.117. The number of amides is 1. The van der Waals surface area contributed by atoms with Crippen molar-refractivity contribution < 1.29 is 19.0 Å². The Bertz CT molecular complexity index is 835. The smallest absolute Gasteiger partial charge is 0.244 e. The molecule has 136 valence electrons. The summed E-state index contributed by atoms with van der Waals surface area (Å²) in [7, 11) is 3.16. The van der Waals surface area contributed by atoms with Crippen LogP contribution in [0, 0.1) is 0 Å². The van der Waals surface area contributed by atoms with E-state index in [0.29, 0.717) is 29.5 Å². The van der Waals surface area contributed by atoms with Gasteiger partial charge in [0, 0.05) is 23.1 Å². The Morgan fingerprint density at radius 3 is 2.77 bits per heavy atom. The van der Waals surface area contributed by atoms with Gasteiger partial charge < -0.3 is 19.5 Å². The molecule has 1 atom stereocenters. The van der Waals surface area contributed by atoms with E-state index in [4.69, 9.17) is 25.8 Å². The minimum Gasteiger partial charge on any atom is -0.493 e. The van der Waals surface area contributed by atoms with Gasteiger partial charge in [0.25, 0.3) is 0 Å². The molecule has 0 saturated carbocycles. The number of carbonyl (C=O) groups excluding carboxylic acids is 1. The van der Waals surface area contributed by atoms with Gasteiger partial charge in [0.15, 0.2) is 11.5 Å². The number of fused-ring (bicyclic) bond motifs is 1. The molecule has 3 rings (SSSR count). The summed E-state index contributed by atoms with van der Waals surface area (Å²) < 4.78 is 16.1. The predicted molar refractivity (Wildman–Crippen MR) is 101 cm³/mol. The molecule has 1 aliphatic heterocycles. The minimum absolute atomic E-state index is 0.125. The molecular formula is C20H20ClNO4. The number of methoxy groups -OCH3 is 2. The van der Waals surface area contributed by atoms with Crippen molar-refractivity contribution in [3.63, 3.8) is 0 Å². The summed E-state index contributed by atoms with van der Waals surface area (Å²) in [6, 6.07) is 10.8. The summed E-state index contributed by atoms with van der Waals surface area (Å²) >= 11 is 6.07. The molecule has 0 spiro atoms. The van der Waals surface area contributed by atoms with Crippen LogP contribution in [-0.2, 0) is 4.79 Å². The third-order valence-electron chi connectivity index (χ3n) is 4.16. The monoisotopic (exact) mass is 373 g/mol. The molecule has 0 bridgehead atoms. The van der Waals surface area contributed by atoms with E-state index in [2.05, 4.69) is 5.32 Å². The number of rotatable bonds is 5. The maximum absolute atomic E-state index is 12.3. The first-order valence-corrected chi connectivity index (χ1v) is 8.61. The van der Waals surface area contributed by atoms with Gasteiger partial charge in [-0.15, -0.1) is 0 Å². The summed E-state index contributed by atoms with van der Waals surface area (Å²) in [4.78, 5) is 12.3. The first-order valence-electron chi connectivity index (χ1n) is 8.23. The molecule has 6 heteroatoms. The second-order valence-corrected chi connectivity index (χ2v) is 6.26. The molecule has 0 fully saturated rings. The molecule has 1 amide bonds. The van der Waals surface area contributed by atoms with Crippen molar-refractivity contribution in [3.05, 3.63) is 58.6 Å². The van der Waals surface area contributed by atoms with Crippen LogP contribution in [0.2, 0.25) is 5.02 Å². The first kappa shape index (κ1) is 18.1. The molecule has 26 heavy (non-hydrogen) atoms. The predicted octanol–water partition coefficient (Wildman–Crippen LogP) is 4.01. The van der Waals surface area contributed by atoms with Gasteiger partial charge in [-0.2, -0.15) is 0 Å². The van der Waals surface area contributed by atoms with Crippen molar-refractivity contribution in [1.29, 1.82) is 0 Å². The maximum Gasteiger partial charge on any atom is 0.244 e. The van der Waals surface area contributed by atoms with Crippen LogP contribution in [-0.4, -0.2) is 26.7 Å². The highest BCUT2D eigenvalue weighted by atomic mass is 35.5. The fourth-order valence-corrected chi connectivity index (χ4v) is 3.04. The van der Waals surface area contributed by atoms with Gasteiger partial charge in [0.05, 0.1) is 26.9 Å². The number of hydrogen-bond acceptors (Lipinski definition) is 4. The number of halogens is 1. The highest BCUT2D eigenvalue weighted by Gasteiger charge is 2.22. The topological polar surface area (TPSA) is 56.8 Å². The Morgan fingerprint density at radius 1 is 1.19 bits per heavy atom. The minimum atomic E-state index is -0.183. The van der Waals surface area contributed by atoms with Gasteiger partial charge in [-0.05, 0) is 42.0 Å². The van der Waals surface area contributed by atoms with Crippen molar-refractivity contribution in [2.24, 2.45) is 0 Å². The average molecular weight is 374 g/mol. The third-order valence-corrected chi connectivity index (χ3v) is 4.40. The van der Waals surface area contributed by atoms with E-state index < -0.39 is 0 Å². The van der Waals surface area contributed by atoms with Crippen LogP contribution in [0.5, 0.6) is 17.2 Å². The Hall–Kier alpha value is -2.66. The number of ether oxygens (including phenoxy) is 3. The van der Waals surface area contributed by atoms with Crippen LogP contribution >= 0.6 is 11.6 Å². The number of hydrogen-bond donors (Lipinski definition) is 1. The van der Waals surface area contributed by atoms with Crippen molar-refractivity contribution >= 4 is 23.6 Å². The van der Waals surface area contributed by atoms with Crippen LogP contribution in [0.25, 0.3) is 6.08 Å². The number of benzene rings is 2. The molecule has 5 nitrogen and oxygen atoms in total. The summed E-state index contributed by atoms with van der Waals surface area (Å²) in [6.45, 7) is 0.555. The molecule has 0 aliphatic carbocycles. The van der Waals surface area contributed by atoms with E-state index in [1.807, 2.05) is 24.3 Å². The fourth-order valence-electron chi connectivity index (χ4n) is 2.86. The average Bonchev–Trinajstić information content (AvgIpc) is 2.66. The summed E-state index contributed by atoms with van der Waals surface area (Å²) in [5.74, 6) is 1.83. The van der Waals surface area contributed by atoms with Gasteiger partial charge in [0.2, 0.25) is 5.91 Å². The van der Waals surface area contributed by atoms with Crippen LogP contribution in [0.1, 0.15) is 23.6 Å². The van der Waals surface area contributed by atoms with E-state index in [0.717, 1.165) is 16.9 Å². The molecule has 1 N–H and O–H groups in total. The molecule has 1 aliphatic rings. The fraction of sp³-hybridized carbons (Fsp3) is 0.250. The lowest BCUT2D eigenvalue weighted by Crippen LogP contribution is -2.30.